The van der Waals surface area contributed by atoms with Gasteiger partial charge in [0.1, 0.15) is 5.75 Å². The monoisotopic (exact) mass is 435 g/mol. The van der Waals surface area contributed by atoms with Crippen molar-refractivity contribution in [1.29, 1.82) is 0 Å². The molecule has 3 heterocycles. The molecule has 1 aromatic heterocycles. The molecule has 0 bridgehead atoms. The second-order valence-corrected chi connectivity index (χ2v) is 8.93. The molecule has 2 aromatic carbocycles. The molecule has 0 amide bonds. The highest BCUT2D eigenvalue weighted by molar-refractivity contribution is 6.32. The number of anilines is 1. The first-order chi connectivity index (χ1) is 15.2. The molecule has 3 aromatic rings. The molecule has 0 spiro atoms. The molecule has 0 atom stereocenters. The van der Waals surface area contributed by atoms with E-state index < -0.39 is 0 Å². The zero-order valence-corrected chi connectivity index (χ0v) is 18.5. The summed E-state index contributed by atoms with van der Waals surface area (Å²) < 4.78 is 0. The van der Waals surface area contributed by atoms with Crippen LogP contribution >= 0.6 is 11.6 Å². The Morgan fingerprint density at radius 1 is 0.871 bits per heavy atom. The van der Waals surface area contributed by atoms with Gasteiger partial charge in [-0.25, -0.2) is 0 Å². The molecule has 161 valence electrons. The molecule has 1 radical (unpaired) electrons. The number of aromatic nitrogens is 1. The average Bonchev–Trinajstić information content (AvgIpc) is 3.33. The van der Waals surface area contributed by atoms with Crippen LogP contribution in [0.1, 0.15) is 12.8 Å². The Labute approximate surface area is 188 Å². The number of piperazine rings is 1. The zero-order chi connectivity index (χ0) is 21.2. The first-order valence-electron chi connectivity index (χ1n) is 11.2. The lowest BCUT2D eigenvalue weighted by molar-refractivity contribution is 0.215. The van der Waals surface area contributed by atoms with Crippen molar-refractivity contribution in [3.8, 4) is 16.9 Å². The SMILES string of the molecule is Oc1ccc(-c2ccc3nc[c]c(N4CCN(CCN5CCCC5)CC4)c3c2)cc1Cl. The highest BCUT2D eigenvalue weighted by Crippen LogP contribution is 2.33. The number of phenolic OH excluding ortho intramolecular Hbond substituents is 1. The number of hydrogen-bond donors (Lipinski definition) is 1. The fraction of sp³-hybridized carbons (Fsp3) is 0.400. The first-order valence-corrected chi connectivity index (χ1v) is 11.5. The lowest BCUT2D eigenvalue weighted by atomic mass is 10.0. The van der Waals surface area contributed by atoms with E-state index in [1.807, 2.05) is 6.07 Å². The molecule has 5 nitrogen and oxygen atoms in total. The van der Waals surface area contributed by atoms with Gasteiger partial charge in [-0.3, -0.25) is 9.88 Å². The topological polar surface area (TPSA) is 42.8 Å². The highest BCUT2D eigenvalue weighted by atomic mass is 35.5. The number of nitrogens with zero attached hydrogens (tertiary/aromatic N) is 4. The molecule has 2 saturated heterocycles. The molecule has 2 aliphatic rings. The summed E-state index contributed by atoms with van der Waals surface area (Å²) in [6, 6.07) is 15.0. The smallest absolute Gasteiger partial charge is 0.134 e. The van der Waals surface area contributed by atoms with Crippen molar-refractivity contribution in [3.05, 3.63) is 53.7 Å². The normalized spacial score (nSPS) is 18.2. The third-order valence-corrected chi connectivity index (χ3v) is 6.86. The number of benzene rings is 2. The van der Waals surface area contributed by atoms with E-state index in [1.54, 1.807) is 18.3 Å². The van der Waals surface area contributed by atoms with Gasteiger partial charge < -0.3 is 14.9 Å². The summed E-state index contributed by atoms with van der Waals surface area (Å²) in [5, 5.41) is 11.2. The first kappa shape index (κ1) is 20.6. The van der Waals surface area contributed by atoms with Crippen molar-refractivity contribution in [1.82, 2.24) is 14.8 Å². The van der Waals surface area contributed by atoms with E-state index in [0.717, 1.165) is 53.9 Å². The Morgan fingerprint density at radius 2 is 1.55 bits per heavy atom. The Hall–Kier alpha value is -2.34. The Morgan fingerprint density at radius 3 is 2.29 bits per heavy atom. The van der Waals surface area contributed by atoms with Gasteiger partial charge in [0.05, 0.1) is 16.2 Å². The van der Waals surface area contributed by atoms with Gasteiger partial charge in [0.25, 0.3) is 0 Å². The van der Waals surface area contributed by atoms with Crippen LogP contribution in [0, 0.1) is 6.07 Å². The number of rotatable bonds is 5. The molecule has 6 heteroatoms. The van der Waals surface area contributed by atoms with Crippen molar-refractivity contribution < 1.29 is 5.11 Å². The molecular formula is C25H28ClN4O. The molecule has 0 unspecified atom stereocenters. The summed E-state index contributed by atoms with van der Waals surface area (Å²) in [6.45, 7) is 9.08. The minimum atomic E-state index is 0.101. The molecule has 0 aliphatic carbocycles. The van der Waals surface area contributed by atoms with Crippen molar-refractivity contribution >= 4 is 28.2 Å². The van der Waals surface area contributed by atoms with E-state index in [4.69, 9.17) is 11.6 Å². The van der Waals surface area contributed by atoms with E-state index in [2.05, 4.69) is 43.9 Å². The molecule has 2 fully saturated rings. The maximum Gasteiger partial charge on any atom is 0.134 e. The third kappa shape index (κ3) is 4.49. The Bertz CT molecular complexity index is 1060. The van der Waals surface area contributed by atoms with Crippen LogP contribution in [0.3, 0.4) is 0 Å². The van der Waals surface area contributed by atoms with Gasteiger partial charge in [0.15, 0.2) is 0 Å². The minimum Gasteiger partial charge on any atom is -0.506 e. The summed E-state index contributed by atoms with van der Waals surface area (Å²) in [4.78, 5) is 12.1. The average molecular weight is 436 g/mol. The second kappa shape index (κ2) is 9.03. The maximum atomic E-state index is 9.74. The van der Waals surface area contributed by atoms with Crippen molar-refractivity contribution in [2.75, 3.05) is 57.3 Å². The van der Waals surface area contributed by atoms with Gasteiger partial charge in [0.2, 0.25) is 0 Å². The zero-order valence-electron chi connectivity index (χ0n) is 17.7. The van der Waals surface area contributed by atoms with Crippen molar-refractivity contribution in [3.63, 3.8) is 0 Å². The molecular weight excluding hydrogens is 408 g/mol. The summed E-state index contributed by atoms with van der Waals surface area (Å²) in [5.41, 5.74) is 4.13. The Balaban J connectivity index is 1.33. The van der Waals surface area contributed by atoms with E-state index >= 15 is 0 Å². The summed E-state index contributed by atoms with van der Waals surface area (Å²) in [6.07, 6.45) is 4.50. The molecule has 2 aliphatic heterocycles. The quantitative estimate of drug-likeness (QED) is 0.648. The molecule has 1 N–H and O–H groups in total. The largest absolute Gasteiger partial charge is 0.506 e. The van der Waals surface area contributed by atoms with Crippen LogP contribution in [0.2, 0.25) is 5.02 Å². The van der Waals surface area contributed by atoms with Gasteiger partial charge in [-0.1, -0.05) is 23.7 Å². The lowest BCUT2D eigenvalue weighted by Crippen LogP contribution is -2.48. The van der Waals surface area contributed by atoms with Crippen LogP contribution in [-0.2, 0) is 0 Å². The highest BCUT2D eigenvalue weighted by Gasteiger charge is 2.20. The number of phenols is 1. The van der Waals surface area contributed by atoms with Gasteiger partial charge in [-0.2, -0.15) is 0 Å². The Kier molecular flexibility index (Phi) is 5.99. The van der Waals surface area contributed by atoms with Crippen LogP contribution < -0.4 is 4.90 Å². The van der Waals surface area contributed by atoms with E-state index in [0.29, 0.717) is 5.02 Å². The van der Waals surface area contributed by atoms with Crippen molar-refractivity contribution in [2.24, 2.45) is 0 Å². The number of halogens is 1. The third-order valence-electron chi connectivity index (χ3n) is 6.56. The van der Waals surface area contributed by atoms with Gasteiger partial charge in [-0.05, 0) is 61.3 Å². The van der Waals surface area contributed by atoms with Crippen LogP contribution in [-0.4, -0.2) is 72.2 Å². The summed E-state index contributed by atoms with van der Waals surface area (Å²) in [5.74, 6) is 0.101. The second-order valence-electron chi connectivity index (χ2n) is 8.53. The van der Waals surface area contributed by atoms with Gasteiger partial charge in [-0.15, -0.1) is 0 Å². The summed E-state index contributed by atoms with van der Waals surface area (Å²) in [7, 11) is 0. The number of hydrogen-bond acceptors (Lipinski definition) is 5. The fourth-order valence-corrected chi connectivity index (χ4v) is 4.87. The van der Waals surface area contributed by atoms with Crippen LogP contribution in [0.5, 0.6) is 5.75 Å². The lowest BCUT2D eigenvalue weighted by Gasteiger charge is -2.37. The number of aromatic hydroxyl groups is 1. The predicted octanol–water partition coefficient (Wildman–Crippen LogP) is 4.28. The van der Waals surface area contributed by atoms with E-state index in [1.165, 1.54) is 39.0 Å². The minimum absolute atomic E-state index is 0.101. The standard InChI is InChI=1S/C25H28ClN4O/c26-22-18-20(4-6-25(22)31)19-3-5-23-21(17-19)24(7-8-27-23)30-15-13-29(14-16-30)12-11-28-9-1-2-10-28/h3-6,8,17-18,31H,1-2,9-16H2. The van der Waals surface area contributed by atoms with Gasteiger partial charge >= 0.3 is 0 Å². The fourth-order valence-electron chi connectivity index (χ4n) is 4.69. The van der Waals surface area contributed by atoms with E-state index in [-0.39, 0.29) is 5.75 Å². The molecule has 31 heavy (non-hydrogen) atoms. The predicted molar refractivity (Wildman–Crippen MR) is 127 cm³/mol. The summed E-state index contributed by atoms with van der Waals surface area (Å²) >= 11 is 6.13. The maximum absolute atomic E-state index is 9.74. The van der Waals surface area contributed by atoms with Crippen molar-refractivity contribution in [2.45, 2.75) is 12.8 Å². The number of fused-ring (bicyclic) bond motifs is 1. The van der Waals surface area contributed by atoms with Crippen LogP contribution in [0.25, 0.3) is 22.0 Å². The molecule has 0 saturated carbocycles. The molecule has 5 rings (SSSR count). The van der Waals surface area contributed by atoms with Gasteiger partial charge in [0, 0.05) is 56.9 Å². The number of pyridine rings is 1. The van der Waals surface area contributed by atoms with E-state index in [9.17, 15) is 5.11 Å². The number of likely N-dealkylation sites (tertiary alicyclic amines) is 1. The van der Waals surface area contributed by atoms with Crippen LogP contribution in [0.15, 0.2) is 42.6 Å². The van der Waals surface area contributed by atoms with Crippen LogP contribution in [0.4, 0.5) is 5.69 Å².